The molecule has 2 rings (SSSR count). The van der Waals surface area contributed by atoms with Crippen LogP contribution < -0.4 is 11.1 Å². The predicted molar refractivity (Wildman–Crippen MR) is 83.8 cm³/mol. The molecular weight excluding hydrogens is 264 g/mol. The van der Waals surface area contributed by atoms with Crippen molar-refractivity contribution in [2.45, 2.75) is 50.7 Å². The first-order valence-electron chi connectivity index (χ1n) is 7.85. The fraction of sp³-hybridized carbons (Fsp3) is 0.588. The second-order valence-corrected chi connectivity index (χ2v) is 5.96. The molecule has 0 spiro atoms. The average Bonchev–Trinajstić information content (AvgIpc) is 2.53. The maximum absolute atomic E-state index is 12.2. The molecule has 0 aromatic heterocycles. The summed E-state index contributed by atoms with van der Waals surface area (Å²) in [5.41, 5.74) is 5.96. The van der Waals surface area contributed by atoms with Gasteiger partial charge in [0.25, 0.3) is 0 Å². The zero-order valence-corrected chi connectivity index (χ0v) is 12.8. The van der Waals surface area contributed by atoms with E-state index in [2.05, 4.69) is 5.32 Å². The maximum Gasteiger partial charge on any atom is 0.244 e. The van der Waals surface area contributed by atoms with Gasteiger partial charge >= 0.3 is 0 Å². The molecule has 21 heavy (non-hydrogen) atoms. The molecule has 3 N–H and O–H groups in total. The predicted octanol–water partition coefficient (Wildman–Crippen LogP) is 2.33. The first kappa shape index (κ1) is 16.0. The van der Waals surface area contributed by atoms with Gasteiger partial charge in [-0.05, 0) is 25.3 Å². The molecule has 1 aromatic carbocycles. The van der Waals surface area contributed by atoms with Crippen molar-refractivity contribution in [3.05, 3.63) is 35.9 Å². The van der Waals surface area contributed by atoms with Crippen LogP contribution in [0, 0.1) is 0 Å². The fourth-order valence-corrected chi connectivity index (χ4v) is 2.72. The Morgan fingerprint density at radius 3 is 2.62 bits per heavy atom. The number of rotatable bonds is 6. The zero-order valence-electron chi connectivity index (χ0n) is 12.8. The Labute approximate surface area is 127 Å². The second kappa shape index (κ2) is 7.57. The van der Waals surface area contributed by atoms with Crippen LogP contribution in [0.2, 0.25) is 0 Å². The van der Waals surface area contributed by atoms with Gasteiger partial charge in [0, 0.05) is 6.54 Å². The van der Waals surface area contributed by atoms with E-state index in [-0.39, 0.29) is 5.91 Å². The Kier molecular flexibility index (Phi) is 5.76. The lowest BCUT2D eigenvalue weighted by atomic mass is 9.92. The monoisotopic (exact) mass is 290 g/mol. The van der Waals surface area contributed by atoms with Gasteiger partial charge in [-0.3, -0.25) is 4.79 Å². The molecule has 1 aliphatic carbocycles. The van der Waals surface area contributed by atoms with Crippen molar-refractivity contribution < 1.29 is 9.53 Å². The van der Waals surface area contributed by atoms with Crippen LogP contribution in [0.4, 0.5) is 0 Å². The Bertz CT molecular complexity index is 439. The number of benzene rings is 1. The van der Waals surface area contributed by atoms with Gasteiger partial charge in [0.2, 0.25) is 5.91 Å². The van der Waals surface area contributed by atoms with Gasteiger partial charge < -0.3 is 15.8 Å². The molecule has 0 bridgehead atoms. The van der Waals surface area contributed by atoms with Crippen LogP contribution >= 0.6 is 0 Å². The van der Waals surface area contributed by atoms with Crippen LogP contribution in [-0.2, 0) is 15.1 Å². The van der Waals surface area contributed by atoms with Gasteiger partial charge in [0.15, 0.2) is 0 Å². The highest BCUT2D eigenvalue weighted by atomic mass is 16.5. The molecule has 4 nitrogen and oxygen atoms in total. The SMILES string of the molecule is CC(N)(C(=O)NCCOC1CCCCC1)c1ccccc1. The van der Waals surface area contributed by atoms with E-state index in [0.717, 1.165) is 18.4 Å². The standard InChI is InChI=1S/C17H26N2O2/c1-17(18,14-8-4-2-5-9-14)16(20)19-12-13-21-15-10-6-3-7-11-15/h2,4-5,8-9,15H,3,6-7,10-13,18H2,1H3,(H,19,20). The smallest absolute Gasteiger partial charge is 0.244 e. The highest BCUT2D eigenvalue weighted by molar-refractivity contribution is 5.86. The van der Waals surface area contributed by atoms with E-state index in [1.54, 1.807) is 6.92 Å². The Balaban J connectivity index is 1.73. The molecule has 0 saturated heterocycles. The highest BCUT2D eigenvalue weighted by Crippen LogP contribution is 2.20. The van der Waals surface area contributed by atoms with E-state index in [9.17, 15) is 4.79 Å². The largest absolute Gasteiger partial charge is 0.376 e. The van der Waals surface area contributed by atoms with Crippen LogP contribution in [-0.4, -0.2) is 25.2 Å². The van der Waals surface area contributed by atoms with Gasteiger partial charge in [0.05, 0.1) is 12.7 Å². The van der Waals surface area contributed by atoms with E-state index in [0.29, 0.717) is 19.3 Å². The van der Waals surface area contributed by atoms with Crippen molar-refractivity contribution in [3.8, 4) is 0 Å². The Morgan fingerprint density at radius 2 is 1.95 bits per heavy atom. The third kappa shape index (κ3) is 4.55. The zero-order chi connectivity index (χ0) is 15.1. The third-order valence-electron chi connectivity index (χ3n) is 4.14. The minimum atomic E-state index is -1.01. The quantitative estimate of drug-likeness (QED) is 0.790. The minimum Gasteiger partial charge on any atom is -0.376 e. The average molecular weight is 290 g/mol. The number of nitrogens with two attached hydrogens (primary N) is 1. The van der Waals surface area contributed by atoms with Gasteiger partial charge in [-0.2, -0.15) is 0 Å². The van der Waals surface area contributed by atoms with Gasteiger partial charge in [0.1, 0.15) is 5.54 Å². The molecule has 1 aliphatic rings. The van der Waals surface area contributed by atoms with Crippen molar-refractivity contribution in [1.29, 1.82) is 0 Å². The van der Waals surface area contributed by atoms with Crippen molar-refractivity contribution in [1.82, 2.24) is 5.32 Å². The summed E-state index contributed by atoms with van der Waals surface area (Å²) in [7, 11) is 0. The molecule has 116 valence electrons. The molecule has 1 unspecified atom stereocenters. The summed E-state index contributed by atoms with van der Waals surface area (Å²) >= 11 is 0. The summed E-state index contributed by atoms with van der Waals surface area (Å²) in [4.78, 5) is 12.2. The molecule has 0 radical (unpaired) electrons. The van der Waals surface area contributed by atoms with Gasteiger partial charge in [-0.15, -0.1) is 0 Å². The molecule has 0 aliphatic heterocycles. The summed E-state index contributed by atoms with van der Waals surface area (Å²) < 4.78 is 5.80. The highest BCUT2D eigenvalue weighted by Gasteiger charge is 2.29. The van der Waals surface area contributed by atoms with Crippen molar-refractivity contribution >= 4 is 5.91 Å². The molecule has 0 heterocycles. The second-order valence-electron chi connectivity index (χ2n) is 5.96. The summed E-state index contributed by atoms with van der Waals surface area (Å²) in [6.07, 6.45) is 6.49. The number of ether oxygens (including phenoxy) is 1. The molecule has 1 fully saturated rings. The van der Waals surface area contributed by atoms with Crippen molar-refractivity contribution in [2.75, 3.05) is 13.2 Å². The molecule has 1 saturated carbocycles. The first-order chi connectivity index (χ1) is 10.1. The first-order valence-corrected chi connectivity index (χ1v) is 7.85. The number of amides is 1. The van der Waals surface area contributed by atoms with E-state index in [1.807, 2.05) is 30.3 Å². The van der Waals surface area contributed by atoms with Gasteiger partial charge in [-0.1, -0.05) is 49.6 Å². The number of hydrogen-bond acceptors (Lipinski definition) is 3. The normalized spacial score (nSPS) is 19.0. The third-order valence-corrected chi connectivity index (χ3v) is 4.14. The summed E-state index contributed by atoms with van der Waals surface area (Å²) in [5.74, 6) is -0.166. The van der Waals surface area contributed by atoms with Crippen LogP contribution in [0.1, 0.15) is 44.6 Å². The molecule has 1 amide bonds. The molecule has 1 atom stereocenters. The molecule has 1 aromatic rings. The Morgan fingerprint density at radius 1 is 1.29 bits per heavy atom. The van der Waals surface area contributed by atoms with E-state index in [1.165, 1.54) is 19.3 Å². The summed E-state index contributed by atoms with van der Waals surface area (Å²) in [5, 5.41) is 2.87. The lowest BCUT2D eigenvalue weighted by Gasteiger charge is -2.25. The lowest BCUT2D eigenvalue weighted by Crippen LogP contribution is -2.49. The minimum absolute atomic E-state index is 0.166. The Hall–Kier alpha value is -1.39. The number of nitrogens with one attached hydrogen (secondary N) is 1. The fourth-order valence-electron chi connectivity index (χ4n) is 2.72. The maximum atomic E-state index is 12.2. The van der Waals surface area contributed by atoms with Crippen LogP contribution in [0.25, 0.3) is 0 Å². The number of hydrogen-bond donors (Lipinski definition) is 2. The van der Waals surface area contributed by atoms with Crippen molar-refractivity contribution in [2.24, 2.45) is 5.73 Å². The van der Waals surface area contributed by atoms with E-state index < -0.39 is 5.54 Å². The van der Waals surface area contributed by atoms with Gasteiger partial charge in [-0.25, -0.2) is 0 Å². The van der Waals surface area contributed by atoms with Crippen LogP contribution in [0.3, 0.4) is 0 Å². The van der Waals surface area contributed by atoms with Crippen LogP contribution in [0.5, 0.6) is 0 Å². The topological polar surface area (TPSA) is 64.4 Å². The molecule has 4 heteroatoms. The number of carbonyl (C=O) groups is 1. The van der Waals surface area contributed by atoms with Crippen LogP contribution in [0.15, 0.2) is 30.3 Å². The van der Waals surface area contributed by atoms with Crippen molar-refractivity contribution in [3.63, 3.8) is 0 Å². The lowest BCUT2D eigenvalue weighted by molar-refractivity contribution is -0.126. The van der Waals surface area contributed by atoms with E-state index in [4.69, 9.17) is 10.5 Å². The van der Waals surface area contributed by atoms with E-state index >= 15 is 0 Å². The molecular formula is C17H26N2O2. The summed E-state index contributed by atoms with van der Waals surface area (Å²) in [6.45, 7) is 2.80. The number of carbonyl (C=O) groups excluding carboxylic acids is 1. The summed E-state index contributed by atoms with van der Waals surface area (Å²) in [6, 6.07) is 9.44.